The number of amides is 1. The molecule has 0 aliphatic heterocycles. The van der Waals surface area contributed by atoms with Crippen molar-refractivity contribution < 1.29 is 26.4 Å². The molecule has 1 heterocycles. The molecule has 0 aliphatic carbocycles. The van der Waals surface area contributed by atoms with Gasteiger partial charge in [0.2, 0.25) is 0 Å². The minimum absolute atomic E-state index is 0.0294. The van der Waals surface area contributed by atoms with Gasteiger partial charge in [-0.25, -0.2) is 16.8 Å². The number of nitrogens with one attached hydrogen (secondary N) is 3. The lowest BCUT2D eigenvalue weighted by molar-refractivity contribution is 0.102. The van der Waals surface area contributed by atoms with E-state index in [1.165, 1.54) is 54.6 Å². The third-order valence-corrected chi connectivity index (χ3v) is 9.18. The van der Waals surface area contributed by atoms with Crippen LogP contribution in [0.1, 0.15) is 17.3 Å². The van der Waals surface area contributed by atoms with E-state index in [2.05, 4.69) is 14.8 Å². The van der Waals surface area contributed by atoms with Gasteiger partial charge in [-0.15, -0.1) is 11.3 Å². The van der Waals surface area contributed by atoms with Crippen LogP contribution in [0.5, 0.6) is 5.75 Å². The average molecular weight is 558 g/mol. The van der Waals surface area contributed by atoms with Crippen molar-refractivity contribution >= 4 is 54.4 Å². The van der Waals surface area contributed by atoms with Crippen molar-refractivity contribution in [2.24, 2.45) is 0 Å². The van der Waals surface area contributed by atoms with Crippen molar-refractivity contribution in [1.29, 1.82) is 0 Å². The first-order valence-electron chi connectivity index (χ1n) is 11.0. The zero-order chi connectivity index (χ0) is 26.5. The number of benzene rings is 3. The average Bonchev–Trinajstić information content (AvgIpc) is 3.42. The van der Waals surface area contributed by atoms with Gasteiger partial charge in [0.1, 0.15) is 9.96 Å². The minimum Gasteiger partial charge on any atom is -0.494 e. The smallest absolute Gasteiger partial charge is 0.271 e. The van der Waals surface area contributed by atoms with Crippen molar-refractivity contribution in [2.45, 2.75) is 16.0 Å². The summed E-state index contributed by atoms with van der Waals surface area (Å²) in [7, 11) is -7.52. The molecule has 0 saturated carbocycles. The van der Waals surface area contributed by atoms with Crippen molar-refractivity contribution in [3.63, 3.8) is 0 Å². The topological polar surface area (TPSA) is 131 Å². The maximum Gasteiger partial charge on any atom is 0.271 e. The number of carbonyl (C=O) groups is 1. The lowest BCUT2D eigenvalue weighted by Gasteiger charge is -2.11. The van der Waals surface area contributed by atoms with E-state index in [-0.39, 0.29) is 9.10 Å². The largest absolute Gasteiger partial charge is 0.494 e. The number of ether oxygens (including phenoxy) is 1. The fourth-order valence-electron chi connectivity index (χ4n) is 3.23. The van der Waals surface area contributed by atoms with Gasteiger partial charge in [-0.1, -0.05) is 6.07 Å². The number of thiophene rings is 1. The van der Waals surface area contributed by atoms with Crippen LogP contribution in [0.2, 0.25) is 0 Å². The molecule has 12 heteroatoms. The van der Waals surface area contributed by atoms with Gasteiger partial charge < -0.3 is 10.1 Å². The van der Waals surface area contributed by atoms with Gasteiger partial charge in [0.25, 0.3) is 26.0 Å². The van der Waals surface area contributed by atoms with Crippen molar-refractivity contribution in [2.75, 3.05) is 21.4 Å². The predicted molar refractivity (Wildman–Crippen MR) is 144 cm³/mol. The zero-order valence-electron chi connectivity index (χ0n) is 19.5. The van der Waals surface area contributed by atoms with Crippen molar-refractivity contribution in [3.05, 3.63) is 95.9 Å². The molecule has 0 aliphatic rings. The van der Waals surface area contributed by atoms with E-state index in [1.54, 1.807) is 35.7 Å². The second-order valence-electron chi connectivity index (χ2n) is 7.66. The van der Waals surface area contributed by atoms with E-state index in [0.717, 1.165) is 11.3 Å². The Balaban J connectivity index is 1.37. The molecule has 0 unspecified atom stereocenters. The summed E-state index contributed by atoms with van der Waals surface area (Å²) >= 11 is 1.10. The van der Waals surface area contributed by atoms with E-state index >= 15 is 0 Å². The number of hydrogen-bond donors (Lipinski definition) is 3. The van der Waals surface area contributed by atoms with E-state index in [9.17, 15) is 21.6 Å². The second kappa shape index (κ2) is 11.0. The number of hydrogen-bond acceptors (Lipinski definition) is 7. The highest BCUT2D eigenvalue weighted by Gasteiger charge is 2.17. The first-order valence-corrected chi connectivity index (χ1v) is 14.8. The maximum atomic E-state index is 12.7. The number of carbonyl (C=O) groups excluding carboxylic acids is 1. The summed E-state index contributed by atoms with van der Waals surface area (Å²) in [6.07, 6.45) is 0. The molecule has 0 saturated heterocycles. The van der Waals surface area contributed by atoms with Crippen LogP contribution < -0.4 is 19.5 Å². The minimum atomic E-state index is -3.83. The standard InChI is InChI=1S/C25H23N3O6S3/c1-2-34-22-13-9-21(10-14-22)27-36(30,31)23-15-11-19(12-16-23)26-25(29)18-5-7-20(8-6-18)28-37(32,33)24-4-3-17-35-24/h3-17,27-28H,2H2,1H3,(H,26,29). The van der Waals surface area contributed by atoms with Gasteiger partial charge in [-0.2, -0.15) is 0 Å². The van der Waals surface area contributed by atoms with E-state index in [1.807, 2.05) is 6.92 Å². The highest BCUT2D eigenvalue weighted by molar-refractivity contribution is 7.94. The second-order valence-corrected chi connectivity index (χ2v) is 12.2. The molecule has 3 N–H and O–H groups in total. The Morgan fingerprint density at radius 3 is 1.89 bits per heavy atom. The molecule has 4 rings (SSSR count). The molecule has 192 valence electrons. The maximum absolute atomic E-state index is 12.7. The highest BCUT2D eigenvalue weighted by Crippen LogP contribution is 2.23. The number of anilines is 3. The summed E-state index contributed by atoms with van der Waals surface area (Å²) in [6.45, 7) is 2.37. The molecule has 0 bridgehead atoms. The van der Waals surface area contributed by atoms with E-state index in [0.29, 0.717) is 35.0 Å². The summed E-state index contributed by atoms with van der Waals surface area (Å²) in [4.78, 5) is 12.6. The molecule has 0 fully saturated rings. The molecule has 1 aromatic heterocycles. The molecule has 0 spiro atoms. The fourth-order valence-corrected chi connectivity index (χ4v) is 6.34. The normalized spacial score (nSPS) is 11.5. The van der Waals surface area contributed by atoms with Gasteiger partial charge in [-0.3, -0.25) is 14.2 Å². The van der Waals surface area contributed by atoms with Crippen LogP contribution in [-0.4, -0.2) is 29.3 Å². The van der Waals surface area contributed by atoms with Crippen LogP contribution in [0.15, 0.2) is 99.4 Å². The molecule has 37 heavy (non-hydrogen) atoms. The molecule has 3 aromatic carbocycles. The van der Waals surface area contributed by atoms with E-state index < -0.39 is 26.0 Å². The summed E-state index contributed by atoms with van der Waals surface area (Å²) < 4.78 is 60.6. The SMILES string of the molecule is CCOc1ccc(NS(=O)(=O)c2ccc(NC(=O)c3ccc(NS(=O)(=O)c4cccs4)cc3)cc2)cc1. The molecule has 0 atom stereocenters. The summed E-state index contributed by atoms with van der Waals surface area (Å²) in [5.41, 5.74) is 1.40. The zero-order valence-corrected chi connectivity index (χ0v) is 22.0. The summed E-state index contributed by atoms with van der Waals surface area (Å²) in [5, 5.41) is 4.36. The van der Waals surface area contributed by atoms with Crippen LogP contribution >= 0.6 is 11.3 Å². The Morgan fingerprint density at radius 2 is 1.32 bits per heavy atom. The molecular formula is C25H23N3O6S3. The van der Waals surface area contributed by atoms with Crippen LogP contribution in [0.25, 0.3) is 0 Å². The fraction of sp³-hybridized carbons (Fsp3) is 0.0800. The first kappa shape index (κ1) is 26.2. The van der Waals surface area contributed by atoms with Crippen molar-refractivity contribution in [3.8, 4) is 5.75 Å². The third kappa shape index (κ3) is 6.67. The van der Waals surface area contributed by atoms with Crippen LogP contribution in [0.3, 0.4) is 0 Å². The summed E-state index contributed by atoms with van der Waals surface area (Å²) in [5.74, 6) is 0.204. The highest BCUT2D eigenvalue weighted by atomic mass is 32.2. The first-order chi connectivity index (χ1) is 17.7. The van der Waals surface area contributed by atoms with Gasteiger partial charge in [0.15, 0.2) is 0 Å². The molecule has 4 aromatic rings. The quantitative estimate of drug-likeness (QED) is 0.252. The van der Waals surface area contributed by atoms with Gasteiger partial charge in [0, 0.05) is 22.6 Å². The van der Waals surface area contributed by atoms with Gasteiger partial charge in [0.05, 0.1) is 11.5 Å². The number of sulfonamides is 2. The lowest BCUT2D eigenvalue weighted by Crippen LogP contribution is -2.14. The summed E-state index contributed by atoms with van der Waals surface area (Å²) in [6, 6.07) is 21.4. The van der Waals surface area contributed by atoms with Gasteiger partial charge in [-0.05, 0) is 91.2 Å². The predicted octanol–water partition coefficient (Wildman–Crippen LogP) is 5.00. The molecule has 9 nitrogen and oxygen atoms in total. The molecule has 0 radical (unpaired) electrons. The van der Waals surface area contributed by atoms with Crippen LogP contribution in [0.4, 0.5) is 17.1 Å². The van der Waals surface area contributed by atoms with Gasteiger partial charge >= 0.3 is 0 Å². The Bertz CT molecular complexity index is 1570. The Hall–Kier alpha value is -3.87. The molecular weight excluding hydrogens is 534 g/mol. The monoisotopic (exact) mass is 557 g/mol. The Morgan fingerprint density at radius 1 is 0.757 bits per heavy atom. The third-order valence-electron chi connectivity index (χ3n) is 5.00. The van der Waals surface area contributed by atoms with Crippen LogP contribution in [-0.2, 0) is 20.0 Å². The Kier molecular flexibility index (Phi) is 7.81. The lowest BCUT2D eigenvalue weighted by atomic mass is 10.2. The van der Waals surface area contributed by atoms with E-state index in [4.69, 9.17) is 4.74 Å². The number of rotatable bonds is 10. The van der Waals surface area contributed by atoms with Crippen LogP contribution in [0, 0.1) is 0 Å². The Labute approximate surface area is 219 Å². The molecule has 1 amide bonds. The van der Waals surface area contributed by atoms with Crippen molar-refractivity contribution in [1.82, 2.24) is 0 Å².